The summed E-state index contributed by atoms with van der Waals surface area (Å²) in [4.78, 5) is 28.9. The van der Waals surface area contributed by atoms with E-state index in [-0.39, 0.29) is 18.4 Å². The van der Waals surface area contributed by atoms with E-state index in [1.54, 1.807) is 18.2 Å². The Labute approximate surface area is 181 Å². The number of anilines is 1. The zero-order valence-corrected chi connectivity index (χ0v) is 18.1. The van der Waals surface area contributed by atoms with Crippen LogP contribution in [0.5, 0.6) is 0 Å². The standard InChI is InChI=1S/C22H25Cl2N3O2/c1-15(2)16-3-5-17(6-4-16)22(29)27-11-9-26(10-12-27)14-21(28)25-20-13-18(23)7-8-19(20)24/h3-8,13,15H,9-12,14H2,1-2H3,(H,25,28). The van der Waals surface area contributed by atoms with Crippen LogP contribution in [-0.4, -0.2) is 54.3 Å². The number of piperazine rings is 1. The van der Waals surface area contributed by atoms with Gasteiger partial charge in [0.15, 0.2) is 0 Å². The third-order valence-electron chi connectivity index (χ3n) is 5.05. The molecule has 0 saturated carbocycles. The number of benzene rings is 2. The molecule has 2 amide bonds. The molecule has 0 radical (unpaired) electrons. The molecule has 2 aromatic carbocycles. The summed E-state index contributed by atoms with van der Waals surface area (Å²) in [5.74, 6) is 0.323. The van der Waals surface area contributed by atoms with Gasteiger partial charge < -0.3 is 10.2 Å². The van der Waals surface area contributed by atoms with Gasteiger partial charge >= 0.3 is 0 Å². The third-order valence-corrected chi connectivity index (χ3v) is 5.62. The monoisotopic (exact) mass is 433 g/mol. The van der Waals surface area contributed by atoms with Crippen molar-refractivity contribution < 1.29 is 9.59 Å². The van der Waals surface area contributed by atoms with E-state index in [1.807, 2.05) is 34.1 Å². The number of carbonyl (C=O) groups excluding carboxylic acids is 2. The van der Waals surface area contributed by atoms with E-state index < -0.39 is 0 Å². The lowest BCUT2D eigenvalue weighted by Crippen LogP contribution is -2.50. The maximum Gasteiger partial charge on any atom is 0.253 e. The molecule has 1 aliphatic rings. The number of nitrogens with one attached hydrogen (secondary N) is 1. The highest BCUT2D eigenvalue weighted by atomic mass is 35.5. The Morgan fingerprint density at radius 1 is 1.00 bits per heavy atom. The van der Waals surface area contributed by atoms with E-state index in [2.05, 4.69) is 19.2 Å². The van der Waals surface area contributed by atoms with Gasteiger partial charge in [-0.05, 0) is 41.8 Å². The van der Waals surface area contributed by atoms with Crippen molar-refractivity contribution in [3.63, 3.8) is 0 Å². The van der Waals surface area contributed by atoms with Gasteiger partial charge in [0.05, 0.1) is 17.3 Å². The van der Waals surface area contributed by atoms with Crippen molar-refractivity contribution in [2.75, 3.05) is 38.0 Å². The Bertz CT molecular complexity index is 876. The van der Waals surface area contributed by atoms with Crippen LogP contribution in [0.1, 0.15) is 35.7 Å². The number of nitrogens with zero attached hydrogens (tertiary/aromatic N) is 2. The fraction of sp³-hybridized carbons (Fsp3) is 0.364. The van der Waals surface area contributed by atoms with Crippen LogP contribution in [-0.2, 0) is 4.79 Å². The lowest BCUT2D eigenvalue weighted by molar-refractivity contribution is -0.117. The number of carbonyl (C=O) groups is 2. The molecule has 0 unspecified atom stereocenters. The minimum Gasteiger partial charge on any atom is -0.336 e. The first-order valence-electron chi connectivity index (χ1n) is 9.70. The van der Waals surface area contributed by atoms with Gasteiger partial charge in [0.1, 0.15) is 0 Å². The highest BCUT2D eigenvalue weighted by Crippen LogP contribution is 2.25. The molecule has 1 saturated heterocycles. The van der Waals surface area contributed by atoms with E-state index in [0.29, 0.717) is 53.4 Å². The molecule has 0 aromatic heterocycles. The Kier molecular flexibility index (Phi) is 7.17. The molecular formula is C22H25Cl2N3O2. The smallest absolute Gasteiger partial charge is 0.253 e. The quantitative estimate of drug-likeness (QED) is 0.754. The van der Waals surface area contributed by atoms with Crippen LogP contribution in [0, 0.1) is 0 Å². The second-order valence-electron chi connectivity index (χ2n) is 7.52. The fourth-order valence-corrected chi connectivity index (χ4v) is 3.63. The minimum absolute atomic E-state index is 0.0371. The van der Waals surface area contributed by atoms with Crippen LogP contribution in [0.25, 0.3) is 0 Å². The Balaban J connectivity index is 1.50. The summed E-state index contributed by atoms with van der Waals surface area (Å²) in [5, 5.41) is 3.75. The molecule has 1 fully saturated rings. The second kappa shape index (κ2) is 9.61. The molecule has 5 nitrogen and oxygen atoms in total. The Hall–Kier alpha value is -2.08. The number of halogens is 2. The predicted octanol–water partition coefficient (Wildman–Crippen LogP) is 4.51. The number of hydrogen-bond acceptors (Lipinski definition) is 3. The first-order chi connectivity index (χ1) is 13.8. The second-order valence-corrected chi connectivity index (χ2v) is 8.36. The first-order valence-corrected chi connectivity index (χ1v) is 10.5. The summed E-state index contributed by atoms with van der Waals surface area (Å²) in [6, 6.07) is 12.8. The normalized spacial score (nSPS) is 14.9. The van der Waals surface area contributed by atoms with Crippen molar-refractivity contribution in [1.29, 1.82) is 0 Å². The zero-order chi connectivity index (χ0) is 21.0. The molecule has 154 valence electrons. The van der Waals surface area contributed by atoms with E-state index in [1.165, 1.54) is 5.56 Å². The molecule has 1 heterocycles. The van der Waals surface area contributed by atoms with E-state index >= 15 is 0 Å². The molecule has 0 atom stereocenters. The minimum atomic E-state index is -0.154. The van der Waals surface area contributed by atoms with Gasteiger partial charge in [0.25, 0.3) is 5.91 Å². The SMILES string of the molecule is CC(C)c1ccc(C(=O)N2CCN(CC(=O)Nc3cc(Cl)ccc3Cl)CC2)cc1. The summed E-state index contributed by atoms with van der Waals surface area (Å²) in [6.45, 7) is 6.98. The van der Waals surface area contributed by atoms with Crippen LogP contribution in [0.2, 0.25) is 10.0 Å². The van der Waals surface area contributed by atoms with Crippen molar-refractivity contribution in [3.05, 3.63) is 63.6 Å². The molecule has 0 bridgehead atoms. The van der Waals surface area contributed by atoms with Crippen LogP contribution < -0.4 is 5.32 Å². The summed E-state index contributed by atoms with van der Waals surface area (Å²) in [6.07, 6.45) is 0. The topological polar surface area (TPSA) is 52.7 Å². The van der Waals surface area contributed by atoms with Gasteiger partial charge in [0, 0.05) is 36.8 Å². The molecule has 1 N–H and O–H groups in total. The van der Waals surface area contributed by atoms with Crippen molar-refractivity contribution in [3.8, 4) is 0 Å². The van der Waals surface area contributed by atoms with E-state index in [9.17, 15) is 9.59 Å². The van der Waals surface area contributed by atoms with E-state index in [4.69, 9.17) is 23.2 Å². The summed E-state index contributed by atoms with van der Waals surface area (Å²) in [7, 11) is 0. The highest BCUT2D eigenvalue weighted by molar-refractivity contribution is 6.35. The predicted molar refractivity (Wildman–Crippen MR) is 118 cm³/mol. The molecule has 3 rings (SSSR count). The fourth-order valence-electron chi connectivity index (χ4n) is 3.29. The molecule has 7 heteroatoms. The number of rotatable bonds is 5. The largest absolute Gasteiger partial charge is 0.336 e. The Morgan fingerprint density at radius 3 is 2.28 bits per heavy atom. The Morgan fingerprint density at radius 2 is 1.66 bits per heavy atom. The summed E-state index contributed by atoms with van der Waals surface area (Å²) >= 11 is 12.0. The van der Waals surface area contributed by atoms with Crippen LogP contribution in [0.4, 0.5) is 5.69 Å². The van der Waals surface area contributed by atoms with Crippen LogP contribution >= 0.6 is 23.2 Å². The third kappa shape index (κ3) is 5.72. The van der Waals surface area contributed by atoms with Crippen LogP contribution in [0.3, 0.4) is 0 Å². The van der Waals surface area contributed by atoms with Gasteiger partial charge in [-0.3, -0.25) is 14.5 Å². The van der Waals surface area contributed by atoms with Crippen molar-refractivity contribution in [2.24, 2.45) is 0 Å². The van der Waals surface area contributed by atoms with Gasteiger partial charge in [-0.2, -0.15) is 0 Å². The maximum atomic E-state index is 12.7. The van der Waals surface area contributed by atoms with Crippen LogP contribution in [0.15, 0.2) is 42.5 Å². The molecule has 1 aliphatic heterocycles. The highest BCUT2D eigenvalue weighted by Gasteiger charge is 2.23. The molecule has 0 spiro atoms. The maximum absolute atomic E-state index is 12.7. The summed E-state index contributed by atoms with van der Waals surface area (Å²) in [5.41, 5.74) is 2.43. The molecular weight excluding hydrogens is 409 g/mol. The van der Waals surface area contributed by atoms with Crippen molar-refractivity contribution in [1.82, 2.24) is 9.80 Å². The summed E-state index contributed by atoms with van der Waals surface area (Å²) < 4.78 is 0. The van der Waals surface area contributed by atoms with Gasteiger partial charge in [-0.1, -0.05) is 49.2 Å². The number of amides is 2. The van der Waals surface area contributed by atoms with Crippen molar-refractivity contribution >= 4 is 40.7 Å². The average molecular weight is 434 g/mol. The zero-order valence-electron chi connectivity index (χ0n) is 16.6. The van der Waals surface area contributed by atoms with E-state index in [0.717, 1.165) is 0 Å². The van der Waals surface area contributed by atoms with Gasteiger partial charge in [-0.25, -0.2) is 0 Å². The molecule has 29 heavy (non-hydrogen) atoms. The molecule has 0 aliphatic carbocycles. The lowest BCUT2D eigenvalue weighted by atomic mass is 10.0. The number of hydrogen-bond donors (Lipinski definition) is 1. The molecule has 2 aromatic rings. The average Bonchev–Trinajstić information content (AvgIpc) is 2.71. The van der Waals surface area contributed by atoms with Gasteiger partial charge in [0.2, 0.25) is 5.91 Å². The van der Waals surface area contributed by atoms with Gasteiger partial charge in [-0.15, -0.1) is 0 Å². The van der Waals surface area contributed by atoms with Crippen molar-refractivity contribution in [2.45, 2.75) is 19.8 Å². The first kappa shape index (κ1) is 21.6. The lowest BCUT2D eigenvalue weighted by Gasteiger charge is -2.34.